The number of benzene rings is 6. The van der Waals surface area contributed by atoms with Gasteiger partial charge < -0.3 is 0 Å². The maximum Gasteiger partial charge on any atom is 0.145 e. The Morgan fingerprint density at radius 1 is 0.559 bits per heavy atom. The van der Waals surface area contributed by atoms with Gasteiger partial charge in [-0.3, -0.25) is 9.56 Å². The van der Waals surface area contributed by atoms with Gasteiger partial charge in [0, 0.05) is 34.1 Å². The molecule has 4 aliphatic rings. The van der Waals surface area contributed by atoms with Crippen LogP contribution in [0.3, 0.4) is 0 Å². The van der Waals surface area contributed by atoms with Crippen LogP contribution in [-0.4, -0.2) is 20.2 Å². The fourth-order valence-electron chi connectivity index (χ4n) is 10.1. The number of hydrogen-bond donors (Lipinski definition) is 0. The van der Waals surface area contributed by atoms with Gasteiger partial charge in [-0.2, -0.15) is 0 Å². The third kappa shape index (κ3) is 5.39. The van der Waals surface area contributed by atoms with E-state index in [9.17, 15) is 0 Å². The summed E-state index contributed by atoms with van der Waals surface area (Å²) in [4.78, 5) is 15.6. The first-order chi connectivity index (χ1) is 29.2. The Balaban J connectivity index is 0.00000186. The van der Waals surface area contributed by atoms with Gasteiger partial charge in [0.2, 0.25) is 0 Å². The molecule has 1 aliphatic heterocycles. The van der Waals surface area contributed by atoms with E-state index in [0.717, 1.165) is 57.0 Å². The molecule has 9 aromatic rings. The van der Waals surface area contributed by atoms with Crippen molar-refractivity contribution in [3.05, 3.63) is 186 Å². The van der Waals surface area contributed by atoms with Crippen molar-refractivity contribution in [3.63, 3.8) is 0 Å². The van der Waals surface area contributed by atoms with Crippen LogP contribution in [0.15, 0.2) is 169 Å². The van der Waals surface area contributed by atoms with Gasteiger partial charge in [0.15, 0.2) is 0 Å². The molecule has 282 valence electrons. The van der Waals surface area contributed by atoms with Gasteiger partial charge in [0.05, 0.1) is 28.3 Å². The molecule has 0 spiro atoms. The van der Waals surface area contributed by atoms with Crippen LogP contribution >= 0.6 is 0 Å². The lowest BCUT2D eigenvalue weighted by molar-refractivity contribution is 0.996. The topological polar surface area (TPSA) is 43.1 Å². The SMILES string of the molecule is C1=CC2CC2c2cc(-c3c4ccccc4c(-c4cccc(C5=NC(c6ccc(-n7c8ccccc8c8cccnc87)cc6)=CC6CC56)n4)c4ccccc34)ccc21.CC. The van der Waals surface area contributed by atoms with Gasteiger partial charge >= 0.3 is 0 Å². The zero-order valence-electron chi connectivity index (χ0n) is 33.2. The molecule has 13 rings (SSSR count). The van der Waals surface area contributed by atoms with Crippen molar-refractivity contribution >= 4 is 61.0 Å². The van der Waals surface area contributed by atoms with E-state index in [1.54, 1.807) is 0 Å². The minimum atomic E-state index is 0.403. The van der Waals surface area contributed by atoms with Crippen molar-refractivity contribution < 1.29 is 0 Å². The number of allylic oxidation sites excluding steroid dienone is 2. The van der Waals surface area contributed by atoms with Gasteiger partial charge in [-0.15, -0.1) is 0 Å². The third-order valence-corrected chi connectivity index (χ3v) is 13.0. The quantitative estimate of drug-likeness (QED) is 0.164. The summed E-state index contributed by atoms with van der Waals surface area (Å²) in [5.41, 5.74) is 15.1. The highest BCUT2D eigenvalue weighted by Crippen LogP contribution is 2.54. The van der Waals surface area contributed by atoms with Crippen molar-refractivity contribution in [2.45, 2.75) is 32.6 Å². The fraction of sp³-hybridized carbons (Fsp3) is 0.145. The molecule has 0 N–H and O–H groups in total. The number of aliphatic imine (C=N–C) groups is 1. The minimum absolute atomic E-state index is 0.403. The predicted molar refractivity (Wildman–Crippen MR) is 246 cm³/mol. The molecule has 4 heteroatoms. The molecule has 4 nitrogen and oxygen atoms in total. The number of nitrogens with zero attached hydrogens (tertiary/aromatic N) is 4. The molecule has 2 fully saturated rings. The highest BCUT2D eigenvalue weighted by atomic mass is 15.0. The predicted octanol–water partition coefficient (Wildman–Crippen LogP) is 13.9. The molecule has 0 bridgehead atoms. The van der Waals surface area contributed by atoms with Gasteiger partial charge in [0.1, 0.15) is 5.65 Å². The van der Waals surface area contributed by atoms with Crippen molar-refractivity contribution in [2.24, 2.45) is 22.7 Å². The summed E-state index contributed by atoms with van der Waals surface area (Å²) in [7, 11) is 0. The molecule has 4 unspecified atom stereocenters. The second kappa shape index (κ2) is 13.3. The van der Waals surface area contributed by atoms with Crippen LogP contribution < -0.4 is 0 Å². The molecule has 3 aromatic heterocycles. The second-order valence-electron chi connectivity index (χ2n) is 16.3. The van der Waals surface area contributed by atoms with Gasteiger partial charge in [-0.1, -0.05) is 135 Å². The molecule has 2 saturated carbocycles. The zero-order chi connectivity index (χ0) is 39.2. The minimum Gasteiger partial charge on any atom is -0.294 e. The van der Waals surface area contributed by atoms with Crippen molar-refractivity contribution in [3.8, 4) is 28.1 Å². The lowest BCUT2D eigenvalue weighted by atomic mass is 9.85. The molecule has 0 amide bonds. The van der Waals surface area contributed by atoms with Crippen molar-refractivity contribution in [1.82, 2.24) is 14.5 Å². The van der Waals surface area contributed by atoms with Gasteiger partial charge in [-0.25, -0.2) is 9.97 Å². The zero-order valence-corrected chi connectivity index (χ0v) is 33.2. The Morgan fingerprint density at radius 2 is 1.22 bits per heavy atom. The molecule has 4 heterocycles. The number of fused-ring (bicyclic) bond motifs is 9. The normalized spacial score (nSPS) is 19.7. The highest BCUT2D eigenvalue weighted by molar-refractivity contribution is 6.21. The summed E-state index contributed by atoms with van der Waals surface area (Å²) in [5.74, 6) is 2.27. The summed E-state index contributed by atoms with van der Waals surface area (Å²) in [6.07, 6.45) is 11.3. The monoisotopic (exact) mass is 758 g/mol. The standard InChI is InChI=1S/C53H36N4.C2H6/c1-3-12-40-38(10-1)50(34-21-19-31-18-20-33-27-44(33)43(31)28-34)39-11-2-4-13-41(39)51(40)46-15-7-16-47(55-46)52-45-29-35(45)30-48(56-52)32-22-24-36(25-23-32)57-49-17-6-5-9-37(49)42-14-8-26-54-53(42)57;1-2/h1-26,28,30,33,35,44-45H,27,29H2;1-2H3. The number of pyridine rings is 2. The average molecular weight is 759 g/mol. The first kappa shape index (κ1) is 34.2. The summed E-state index contributed by atoms with van der Waals surface area (Å²) in [6, 6.07) is 53.0. The van der Waals surface area contributed by atoms with E-state index >= 15 is 0 Å². The lowest BCUT2D eigenvalue weighted by Gasteiger charge is -2.19. The maximum absolute atomic E-state index is 5.48. The van der Waals surface area contributed by atoms with Crippen LogP contribution in [0.25, 0.3) is 83.3 Å². The molecule has 0 radical (unpaired) electrons. The van der Waals surface area contributed by atoms with E-state index in [1.807, 2.05) is 26.1 Å². The first-order valence-corrected chi connectivity index (χ1v) is 21.2. The molecule has 4 atom stereocenters. The summed E-state index contributed by atoms with van der Waals surface area (Å²) in [5, 5.41) is 7.36. The van der Waals surface area contributed by atoms with Gasteiger partial charge in [-0.05, 0) is 122 Å². The van der Waals surface area contributed by atoms with Crippen molar-refractivity contribution in [2.75, 3.05) is 0 Å². The smallest absolute Gasteiger partial charge is 0.145 e. The largest absolute Gasteiger partial charge is 0.294 e. The number of hydrogen-bond acceptors (Lipinski definition) is 3. The molecule has 59 heavy (non-hydrogen) atoms. The van der Waals surface area contributed by atoms with E-state index in [2.05, 4.69) is 162 Å². The molecular weight excluding hydrogens is 717 g/mol. The molecule has 0 saturated heterocycles. The molecule has 3 aliphatic carbocycles. The summed E-state index contributed by atoms with van der Waals surface area (Å²) < 4.78 is 2.26. The molecular formula is C55H42N4. The van der Waals surface area contributed by atoms with Gasteiger partial charge in [0.25, 0.3) is 0 Å². The van der Waals surface area contributed by atoms with Crippen LogP contribution in [0.1, 0.15) is 55.0 Å². The Labute approximate surface area is 343 Å². The first-order valence-electron chi connectivity index (χ1n) is 21.2. The number of para-hydroxylation sites is 1. The van der Waals surface area contributed by atoms with Crippen LogP contribution in [0, 0.1) is 17.8 Å². The average Bonchev–Trinajstić information content (AvgIpc) is 4.24. The van der Waals surface area contributed by atoms with Crippen LogP contribution in [0.5, 0.6) is 0 Å². The molecule has 6 aromatic carbocycles. The third-order valence-electron chi connectivity index (χ3n) is 13.0. The van der Waals surface area contributed by atoms with Crippen LogP contribution in [0.2, 0.25) is 0 Å². The van der Waals surface area contributed by atoms with E-state index in [1.165, 1.54) is 61.2 Å². The Morgan fingerprint density at radius 3 is 2.00 bits per heavy atom. The lowest BCUT2D eigenvalue weighted by Crippen LogP contribution is -2.11. The van der Waals surface area contributed by atoms with Crippen molar-refractivity contribution in [1.29, 1.82) is 0 Å². The van der Waals surface area contributed by atoms with E-state index < -0.39 is 0 Å². The number of rotatable bonds is 5. The van der Waals surface area contributed by atoms with Crippen LogP contribution in [0.4, 0.5) is 0 Å². The summed E-state index contributed by atoms with van der Waals surface area (Å²) >= 11 is 0. The Hall–Kier alpha value is -6.91. The fourth-order valence-corrected chi connectivity index (χ4v) is 10.1. The Bertz CT molecular complexity index is 3160. The Kier molecular flexibility index (Phi) is 7.71. The van der Waals surface area contributed by atoms with E-state index in [0.29, 0.717) is 23.7 Å². The maximum atomic E-state index is 5.48. The van der Waals surface area contributed by atoms with E-state index in [4.69, 9.17) is 15.0 Å². The highest BCUT2D eigenvalue weighted by Gasteiger charge is 2.43. The van der Waals surface area contributed by atoms with E-state index in [-0.39, 0.29) is 0 Å². The van der Waals surface area contributed by atoms with Crippen LogP contribution in [-0.2, 0) is 0 Å². The second-order valence-corrected chi connectivity index (χ2v) is 16.3. The number of aromatic nitrogens is 3. The summed E-state index contributed by atoms with van der Waals surface area (Å²) in [6.45, 7) is 4.00.